The highest BCUT2D eigenvalue weighted by molar-refractivity contribution is 6.31. The summed E-state index contributed by atoms with van der Waals surface area (Å²) in [6.45, 7) is 0. The van der Waals surface area contributed by atoms with E-state index < -0.39 is 12.1 Å². The van der Waals surface area contributed by atoms with E-state index in [1.165, 1.54) is 0 Å². The summed E-state index contributed by atoms with van der Waals surface area (Å²) < 4.78 is 0. The Kier molecular flexibility index (Phi) is 2.13. The molecule has 0 radical (unpaired) electrons. The molecule has 1 aromatic rings. The molecule has 0 spiro atoms. The van der Waals surface area contributed by atoms with Crippen molar-refractivity contribution in [2.24, 2.45) is 0 Å². The molecule has 2 rings (SSSR count). The molecule has 4 nitrogen and oxygen atoms in total. The Balaban J connectivity index is 2.36. The number of amides is 3. The minimum Gasteiger partial charge on any atom is -0.322 e. The van der Waals surface area contributed by atoms with Crippen LogP contribution in [0.25, 0.3) is 0 Å². The van der Waals surface area contributed by atoms with Crippen LogP contribution in [0, 0.1) is 0 Å². The number of carbonyl (C=O) groups excluding carboxylic acids is 2. The maximum Gasteiger partial charge on any atom is 0.322 e. The third kappa shape index (κ3) is 1.44. The second kappa shape index (κ2) is 3.31. The first-order chi connectivity index (χ1) is 6.68. The van der Waals surface area contributed by atoms with Gasteiger partial charge in [-0.2, -0.15) is 0 Å². The molecule has 1 atom stereocenters. The number of imide groups is 1. The van der Waals surface area contributed by atoms with E-state index in [2.05, 4.69) is 10.6 Å². The maximum atomic E-state index is 11.3. The van der Waals surface area contributed by atoms with Crippen LogP contribution in [0.4, 0.5) is 4.79 Å². The van der Waals surface area contributed by atoms with Gasteiger partial charge in [-0.25, -0.2) is 4.79 Å². The summed E-state index contributed by atoms with van der Waals surface area (Å²) in [6.07, 6.45) is 0. The van der Waals surface area contributed by atoms with Crippen molar-refractivity contribution in [2.75, 3.05) is 0 Å². The van der Waals surface area contributed by atoms with E-state index in [0.717, 1.165) is 0 Å². The summed E-state index contributed by atoms with van der Waals surface area (Å²) in [6, 6.07) is 5.75. The van der Waals surface area contributed by atoms with Gasteiger partial charge in [-0.15, -0.1) is 0 Å². The van der Waals surface area contributed by atoms with Crippen LogP contribution >= 0.6 is 11.6 Å². The summed E-state index contributed by atoms with van der Waals surface area (Å²) in [5.74, 6) is -0.372. The van der Waals surface area contributed by atoms with E-state index >= 15 is 0 Å². The molecular weight excluding hydrogens is 204 g/mol. The minimum atomic E-state index is -0.670. The van der Waals surface area contributed by atoms with E-state index in [1.54, 1.807) is 24.3 Å². The van der Waals surface area contributed by atoms with Crippen LogP contribution in [0.3, 0.4) is 0 Å². The number of urea groups is 1. The molecule has 0 aliphatic carbocycles. The lowest BCUT2D eigenvalue weighted by Crippen LogP contribution is -2.22. The molecule has 1 fully saturated rings. The molecule has 0 bridgehead atoms. The fourth-order valence-corrected chi connectivity index (χ4v) is 1.59. The standard InChI is InChI=1S/C9H7ClN2O2/c10-6-4-2-1-3-5(6)7-8(13)12-9(14)11-7/h1-4,7H,(H2,11,12,13,14)/t7-/m1/s1. The number of halogens is 1. The first kappa shape index (κ1) is 9.02. The Morgan fingerprint density at radius 1 is 1.21 bits per heavy atom. The monoisotopic (exact) mass is 210 g/mol. The first-order valence-electron chi connectivity index (χ1n) is 4.04. The van der Waals surface area contributed by atoms with Gasteiger partial charge in [0, 0.05) is 10.6 Å². The SMILES string of the molecule is O=C1NC(=O)[C@@H](c2ccccc2Cl)N1. The number of hydrogen-bond acceptors (Lipinski definition) is 2. The van der Waals surface area contributed by atoms with Crippen LogP contribution in [0.2, 0.25) is 5.02 Å². The van der Waals surface area contributed by atoms with Crippen molar-refractivity contribution in [3.05, 3.63) is 34.9 Å². The van der Waals surface area contributed by atoms with Crippen LogP contribution in [0.15, 0.2) is 24.3 Å². The van der Waals surface area contributed by atoms with Gasteiger partial charge >= 0.3 is 6.03 Å². The van der Waals surface area contributed by atoms with E-state index in [-0.39, 0.29) is 5.91 Å². The Hall–Kier alpha value is -1.55. The molecule has 1 aromatic carbocycles. The molecule has 1 aliphatic rings. The molecule has 0 aromatic heterocycles. The lowest BCUT2D eigenvalue weighted by molar-refractivity contribution is -0.120. The van der Waals surface area contributed by atoms with Crippen molar-refractivity contribution < 1.29 is 9.59 Å². The summed E-state index contributed by atoms with van der Waals surface area (Å²) in [5, 5.41) is 5.09. The average Bonchev–Trinajstić information content (AvgIpc) is 2.46. The Labute approximate surface area is 85.2 Å². The lowest BCUT2D eigenvalue weighted by Gasteiger charge is -2.08. The predicted molar refractivity (Wildman–Crippen MR) is 50.9 cm³/mol. The highest BCUT2D eigenvalue weighted by atomic mass is 35.5. The quantitative estimate of drug-likeness (QED) is 0.685. The molecule has 0 saturated carbocycles. The van der Waals surface area contributed by atoms with Crippen molar-refractivity contribution in [1.29, 1.82) is 0 Å². The Morgan fingerprint density at radius 3 is 2.50 bits per heavy atom. The summed E-state index contributed by atoms with van der Waals surface area (Å²) in [4.78, 5) is 22.1. The van der Waals surface area contributed by atoms with Gasteiger partial charge in [0.25, 0.3) is 5.91 Å². The maximum absolute atomic E-state index is 11.3. The third-order valence-electron chi connectivity index (χ3n) is 1.99. The number of hydrogen-bond donors (Lipinski definition) is 2. The smallest absolute Gasteiger partial charge is 0.322 e. The molecular formula is C9H7ClN2O2. The Morgan fingerprint density at radius 2 is 1.93 bits per heavy atom. The minimum absolute atomic E-state index is 0.372. The van der Waals surface area contributed by atoms with E-state index in [1.807, 2.05) is 0 Å². The second-order valence-corrected chi connectivity index (χ2v) is 3.32. The largest absolute Gasteiger partial charge is 0.322 e. The van der Waals surface area contributed by atoms with Crippen LogP contribution in [-0.2, 0) is 4.79 Å². The van der Waals surface area contributed by atoms with Gasteiger partial charge in [0.2, 0.25) is 0 Å². The Bertz CT molecular complexity index is 406. The number of rotatable bonds is 1. The topological polar surface area (TPSA) is 58.2 Å². The molecule has 1 aliphatic heterocycles. The first-order valence-corrected chi connectivity index (χ1v) is 4.42. The lowest BCUT2D eigenvalue weighted by atomic mass is 10.1. The fraction of sp³-hybridized carbons (Fsp3) is 0.111. The van der Waals surface area contributed by atoms with Crippen molar-refractivity contribution in [1.82, 2.24) is 10.6 Å². The molecule has 0 unspecified atom stereocenters. The average molecular weight is 211 g/mol. The number of benzene rings is 1. The molecule has 1 heterocycles. The summed E-state index contributed by atoms with van der Waals surface area (Å²) in [5.41, 5.74) is 0.609. The van der Waals surface area contributed by atoms with Gasteiger partial charge in [-0.1, -0.05) is 29.8 Å². The highest BCUT2D eigenvalue weighted by Gasteiger charge is 2.31. The van der Waals surface area contributed by atoms with Gasteiger partial charge in [-0.05, 0) is 6.07 Å². The zero-order valence-corrected chi connectivity index (χ0v) is 7.84. The molecule has 14 heavy (non-hydrogen) atoms. The predicted octanol–water partition coefficient (Wildman–Crippen LogP) is 1.22. The van der Waals surface area contributed by atoms with E-state index in [4.69, 9.17) is 11.6 Å². The third-order valence-corrected chi connectivity index (χ3v) is 2.33. The van der Waals surface area contributed by atoms with Crippen LogP contribution in [0.5, 0.6) is 0 Å². The van der Waals surface area contributed by atoms with Crippen LogP contribution < -0.4 is 10.6 Å². The van der Waals surface area contributed by atoms with Crippen molar-refractivity contribution in [3.8, 4) is 0 Å². The normalized spacial score (nSPS) is 20.5. The van der Waals surface area contributed by atoms with Gasteiger partial charge in [0.15, 0.2) is 0 Å². The zero-order valence-electron chi connectivity index (χ0n) is 7.08. The molecule has 3 amide bonds. The second-order valence-electron chi connectivity index (χ2n) is 2.92. The van der Waals surface area contributed by atoms with E-state index in [0.29, 0.717) is 10.6 Å². The molecule has 72 valence electrons. The number of nitrogens with one attached hydrogen (secondary N) is 2. The van der Waals surface area contributed by atoms with Gasteiger partial charge in [-0.3, -0.25) is 10.1 Å². The summed E-state index contributed by atoms with van der Waals surface area (Å²) in [7, 11) is 0. The molecule has 2 N–H and O–H groups in total. The zero-order chi connectivity index (χ0) is 10.1. The van der Waals surface area contributed by atoms with Gasteiger partial charge in [0.05, 0.1) is 0 Å². The van der Waals surface area contributed by atoms with Gasteiger partial charge in [0.1, 0.15) is 6.04 Å². The van der Waals surface area contributed by atoms with Crippen LogP contribution in [0.1, 0.15) is 11.6 Å². The van der Waals surface area contributed by atoms with E-state index in [9.17, 15) is 9.59 Å². The van der Waals surface area contributed by atoms with Crippen molar-refractivity contribution in [2.45, 2.75) is 6.04 Å². The molecule has 5 heteroatoms. The van der Waals surface area contributed by atoms with Gasteiger partial charge < -0.3 is 5.32 Å². The fourth-order valence-electron chi connectivity index (χ4n) is 1.34. The number of carbonyl (C=O) groups is 2. The van der Waals surface area contributed by atoms with Crippen LogP contribution in [-0.4, -0.2) is 11.9 Å². The highest BCUT2D eigenvalue weighted by Crippen LogP contribution is 2.24. The summed E-state index contributed by atoms with van der Waals surface area (Å²) >= 11 is 5.89. The molecule has 1 saturated heterocycles. The van der Waals surface area contributed by atoms with Crippen molar-refractivity contribution in [3.63, 3.8) is 0 Å². The van der Waals surface area contributed by atoms with Crippen molar-refractivity contribution >= 4 is 23.5 Å².